The number of fused-ring (bicyclic) bond motifs is 1. The van der Waals surface area contributed by atoms with E-state index in [1.165, 1.54) is 23.5 Å². The molecule has 0 aliphatic rings. The minimum Gasteiger partial charge on any atom is -0.455 e. The van der Waals surface area contributed by atoms with Gasteiger partial charge < -0.3 is 10.1 Å². The highest BCUT2D eigenvalue weighted by Gasteiger charge is 2.13. The topological polar surface area (TPSA) is 72.7 Å². The number of nitrogens with one attached hydrogen (secondary N) is 1. The molecule has 3 rings (SSSR count). The molecule has 2 aromatic heterocycles. The molecule has 6 nitrogen and oxygen atoms in total. The second kappa shape index (κ2) is 7.61. The van der Waals surface area contributed by atoms with E-state index in [2.05, 4.69) is 10.3 Å². The summed E-state index contributed by atoms with van der Waals surface area (Å²) in [5, 5.41) is 5.15. The molecule has 3 aromatic rings. The van der Waals surface area contributed by atoms with Gasteiger partial charge in [-0.2, -0.15) is 0 Å². The second-order valence-electron chi connectivity index (χ2n) is 4.96. The molecule has 0 aliphatic carbocycles. The maximum Gasteiger partial charge on any atom is 0.312 e. The summed E-state index contributed by atoms with van der Waals surface area (Å²) in [6.45, 7) is -0.447. The summed E-state index contributed by atoms with van der Waals surface area (Å²) in [7, 11) is 0. The van der Waals surface area contributed by atoms with Gasteiger partial charge in [-0.15, -0.1) is 11.3 Å². The molecule has 0 bridgehead atoms. The van der Waals surface area contributed by atoms with E-state index < -0.39 is 18.5 Å². The van der Waals surface area contributed by atoms with Gasteiger partial charge in [0, 0.05) is 17.8 Å². The van der Waals surface area contributed by atoms with Crippen LogP contribution in [0.5, 0.6) is 0 Å². The summed E-state index contributed by atoms with van der Waals surface area (Å²) in [6, 6.07) is 2.83. The third kappa shape index (κ3) is 4.43. The average Bonchev–Trinajstić information content (AvgIpc) is 3.12. The Kier molecular flexibility index (Phi) is 5.48. The van der Waals surface area contributed by atoms with Crippen LogP contribution in [0.1, 0.15) is 5.69 Å². The molecule has 0 fully saturated rings. The first-order valence-corrected chi connectivity index (χ1v) is 8.95. The first kappa shape index (κ1) is 18.0. The van der Waals surface area contributed by atoms with Gasteiger partial charge in [0.15, 0.2) is 11.6 Å². The lowest BCUT2D eigenvalue weighted by Gasteiger charge is -2.09. The van der Waals surface area contributed by atoms with Crippen molar-refractivity contribution < 1.29 is 14.3 Å². The molecule has 1 amide bonds. The van der Waals surface area contributed by atoms with Crippen molar-refractivity contribution in [3.63, 3.8) is 0 Å². The summed E-state index contributed by atoms with van der Waals surface area (Å²) in [6.07, 6.45) is 3.56. The maximum atomic E-state index is 11.9. The number of nitrogens with zero attached hydrogens (tertiary/aromatic N) is 2. The van der Waals surface area contributed by atoms with Crippen LogP contribution in [0.4, 0.5) is 5.69 Å². The molecule has 25 heavy (non-hydrogen) atoms. The summed E-state index contributed by atoms with van der Waals surface area (Å²) >= 11 is 19.1. The van der Waals surface area contributed by atoms with Crippen molar-refractivity contribution in [3.8, 4) is 0 Å². The van der Waals surface area contributed by atoms with E-state index in [-0.39, 0.29) is 27.2 Å². The first-order chi connectivity index (χ1) is 11.9. The van der Waals surface area contributed by atoms with Crippen LogP contribution in [-0.4, -0.2) is 27.9 Å². The summed E-state index contributed by atoms with van der Waals surface area (Å²) in [5.41, 5.74) is 0.858. The van der Waals surface area contributed by atoms with Crippen LogP contribution in [-0.2, 0) is 20.7 Å². The third-order valence-electron chi connectivity index (χ3n) is 3.12. The third-order valence-corrected chi connectivity index (χ3v) is 4.92. The number of amides is 1. The molecule has 0 spiro atoms. The van der Waals surface area contributed by atoms with Gasteiger partial charge in [0.25, 0.3) is 5.91 Å². The van der Waals surface area contributed by atoms with E-state index in [4.69, 9.17) is 39.5 Å². The zero-order valence-corrected chi connectivity index (χ0v) is 15.5. The second-order valence-corrected chi connectivity index (χ2v) is 7.05. The highest BCUT2D eigenvalue weighted by Crippen LogP contribution is 2.32. The molecular formula is C15H10Cl3N3O3S. The number of hydrogen-bond donors (Lipinski definition) is 1. The van der Waals surface area contributed by atoms with Gasteiger partial charge in [-0.3, -0.25) is 14.0 Å². The Bertz CT molecular complexity index is 926. The molecular weight excluding hydrogens is 409 g/mol. The van der Waals surface area contributed by atoms with Gasteiger partial charge in [0.1, 0.15) is 0 Å². The smallest absolute Gasteiger partial charge is 0.312 e. The van der Waals surface area contributed by atoms with Crippen LogP contribution in [0.2, 0.25) is 15.1 Å². The number of esters is 1. The highest BCUT2D eigenvalue weighted by atomic mass is 35.5. The van der Waals surface area contributed by atoms with Crippen LogP contribution >= 0.6 is 46.1 Å². The molecule has 2 heterocycles. The number of aromatic nitrogens is 2. The first-order valence-electron chi connectivity index (χ1n) is 6.93. The number of imidazole rings is 1. The molecule has 1 N–H and O–H groups in total. The monoisotopic (exact) mass is 417 g/mol. The van der Waals surface area contributed by atoms with Crippen LogP contribution in [0, 0.1) is 0 Å². The molecule has 0 saturated heterocycles. The zero-order valence-electron chi connectivity index (χ0n) is 12.5. The minimum absolute atomic E-state index is 0.0186. The predicted molar refractivity (Wildman–Crippen MR) is 97.8 cm³/mol. The van der Waals surface area contributed by atoms with Gasteiger partial charge in [0.2, 0.25) is 0 Å². The van der Waals surface area contributed by atoms with Crippen LogP contribution < -0.4 is 5.32 Å². The Balaban J connectivity index is 1.52. The van der Waals surface area contributed by atoms with E-state index in [0.29, 0.717) is 5.69 Å². The maximum absolute atomic E-state index is 11.9. The fraction of sp³-hybridized carbons (Fsp3) is 0.133. The quantitative estimate of drug-likeness (QED) is 0.500. The largest absolute Gasteiger partial charge is 0.455 e. The van der Waals surface area contributed by atoms with Gasteiger partial charge in [-0.05, 0) is 12.1 Å². The number of hydrogen-bond acceptors (Lipinski definition) is 5. The predicted octanol–water partition coefficient (Wildman–Crippen LogP) is 4.08. The number of ether oxygens (including phenoxy) is 1. The number of benzene rings is 1. The number of carbonyl (C=O) groups excluding carboxylic acids is 2. The van der Waals surface area contributed by atoms with Crippen LogP contribution in [0.3, 0.4) is 0 Å². The van der Waals surface area contributed by atoms with Gasteiger partial charge in [-0.1, -0.05) is 34.8 Å². The lowest BCUT2D eigenvalue weighted by atomic mass is 10.3. The van der Waals surface area contributed by atoms with E-state index in [0.717, 1.165) is 4.96 Å². The summed E-state index contributed by atoms with van der Waals surface area (Å²) < 4.78 is 6.76. The SMILES string of the molecule is O=C(COC(=O)Cc1cn2ccsc2n1)Nc1cc(Cl)c(Cl)cc1Cl. The van der Waals surface area contributed by atoms with Crippen molar-refractivity contribution in [1.82, 2.24) is 9.38 Å². The molecule has 1 aromatic carbocycles. The molecule has 130 valence electrons. The minimum atomic E-state index is -0.555. The fourth-order valence-electron chi connectivity index (χ4n) is 2.01. The summed E-state index contributed by atoms with van der Waals surface area (Å²) in [5.74, 6) is -1.10. The van der Waals surface area contributed by atoms with Crippen molar-refractivity contribution in [1.29, 1.82) is 0 Å². The van der Waals surface area contributed by atoms with E-state index in [1.54, 1.807) is 6.20 Å². The Labute approximate surface area is 161 Å². The number of anilines is 1. The standard InChI is InChI=1S/C15H10Cl3N3O3S/c16-9-4-11(18)12(5-10(9)17)20-13(22)7-24-14(23)3-8-6-21-1-2-25-15(21)19-8/h1-2,4-6H,3,7H2,(H,20,22). The van der Waals surface area contributed by atoms with E-state index >= 15 is 0 Å². The normalized spacial score (nSPS) is 10.8. The van der Waals surface area contributed by atoms with Gasteiger partial charge in [-0.25, -0.2) is 4.98 Å². The Morgan fingerprint density at radius 1 is 1.20 bits per heavy atom. The fourth-order valence-corrected chi connectivity index (χ4v) is 3.32. The number of rotatable bonds is 5. The van der Waals surface area contributed by atoms with Crippen molar-refractivity contribution in [2.24, 2.45) is 0 Å². The van der Waals surface area contributed by atoms with Crippen LogP contribution in [0.25, 0.3) is 4.96 Å². The molecule has 0 unspecified atom stereocenters. The van der Waals surface area contributed by atoms with Gasteiger partial charge in [0.05, 0.1) is 32.9 Å². The molecule has 0 radical (unpaired) electrons. The van der Waals surface area contributed by atoms with Gasteiger partial charge >= 0.3 is 5.97 Å². The highest BCUT2D eigenvalue weighted by molar-refractivity contribution is 7.15. The van der Waals surface area contributed by atoms with Crippen LogP contribution in [0.15, 0.2) is 29.9 Å². The van der Waals surface area contributed by atoms with Crippen molar-refractivity contribution in [2.75, 3.05) is 11.9 Å². The van der Waals surface area contributed by atoms with Crippen molar-refractivity contribution in [2.45, 2.75) is 6.42 Å². The molecule has 0 atom stereocenters. The van der Waals surface area contributed by atoms with E-state index in [1.807, 2.05) is 16.0 Å². The van der Waals surface area contributed by atoms with Crippen molar-refractivity contribution >= 4 is 68.7 Å². The molecule has 10 heteroatoms. The number of thiazole rings is 1. The number of halogens is 3. The number of carbonyl (C=O) groups is 2. The molecule has 0 saturated carbocycles. The Morgan fingerprint density at radius 3 is 2.72 bits per heavy atom. The zero-order chi connectivity index (χ0) is 18.0. The molecule has 0 aliphatic heterocycles. The average molecular weight is 419 g/mol. The Morgan fingerprint density at radius 2 is 1.96 bits per heavy atom. The lowest BCUT2D eigenvalue weighted by molar-refractivity contribution is -0.146. The summed E-state index contributed by atoms with van der Waals surface area (Å²) in [4.78, 5) is 28.8. The Hall–Kier alpha value is -1.80. The van der Waals surface area contributed by atoms with Crippen molar-refractivity contribution in [3.05, 3.63) is 50.7 Å². The van der Waals surface area contributed by atoms with E-state index in [9.17, 15) is 9.59 Å². The lowest BCUT2D eigenvalue weighted by Crippen LogP contribution is -2.21.